The van der Waals surface area contributed by atoms with E-state index < -0.39 is 16.1 Å². The largest absolute Gasteiger partial charge is 0.340 e. The molecule has 0 radical (unpaired) electrons. The second-order valence-electron chi connectivity index (χ2n) is 8.35. The molecule has 0 bridgehead atoms. The van der Waals surface area contributed by atoms with E-state index in [4.69, 9.17) is 16.6 Å². The van der Waals surface area contributed by atoms with E-state index in [1.54, 1.807) is 24.3 Å². The van der Waals surface area contributed by atoms with Crippen LogP contribution < -0.4 is 15.4 Å². The van der Waals surface area contributed by atoms with Crippen LogP contribution in [0.5, 0.6) is 0 Å². The number of fused-ring (bicyclic) bond motifs is 1. The lowest BCUT2D eigenvalue weighted by atomic mass is 10.2. The topological polar surface area (TPSA) is 113 Å². The molecule has 8 nitrogen and oxygen atoms in total. The fourth-order valence-electron chi connectivity index (χ4n) is 3.76. The van der Waals surface area contributed by atoms with Crippen molar-refractivity contribution in [2.45, 2.75) is 11.4 Å². The summed E-state index contributed by atoms with van der Waals surface area (Å²) >= 11 is 6.23. The highest BCUT2D eigenvalue weighted by molar-refractivity contribution is 7.90. The summed E-state index contributed by atoms with van der Waals surface area (Å²) in [6.07, 6.45) is 0. The van der Waals surface area contributed by atoms with Gasteiger partial charge in [-0.2, -0.15) is 0 Å². The van der Waals surface area contributed by atoms with Gasteiger partial charge in [0, 0.05) is 28.2 Å². The molecule has 0 fully saturated rings. The molecule has 3 N–H and O–H groups in total. The van der Waals surface area contributed by atoms with Crippen molar-refractivity contribution in [1.82, 2.24) is 20.0 Å². The molecular formula is C28H22ClN5O3S. The van der Waals surface area contributed by atoms with Crippen LogP contribution >= 0.6 is 11.6 Å². The summed E-state index contributed by atoms with van der Waals surface area (Å²) in [6, 6.07) is 29.3. The second-order valence-corrected chi connectivity index (χ2v) is 10.5. The molecule has 0 unspecified atom stereocenters. The van der Waals surface area contributed by atoms with Crippen molar-refractivity contribution in [3.05, 3.63) is 114 Å². The van der Waals surface area contributed by atoms with E-state index in [0.29, 0.717) is 33.3 Å². The molecule has 0 aliphatic carbocycles. The number of sulfonamides is 1. The Kier molecular flexibility index (Phi) is 7.21. The molecule has 0 spiro atoms. The van der Waals surface area contributed by atoms with Crippen molar-refractivity contribution >= 4 is 50.1 Å². The molecule has 2 amide bonds. The molecule has 10 heteroatoms. The number of urea groups is 1. The number of rotatable bonds is 7. The van der Waals surface area contributed by atoms with Crippen LogP contribution in [0.2, 0.25) is 5.02 Å². The minimum atomic E-state index is -4.07. The maximum atomic E-state index is 12.7. The molecule has 4 aromatic carbocycles. The molecule has 1 heterocycles. The van der Waals surface area contributed by atoms with E-state index in [1.807, 2.05) is 71.5 Å². The summed E-state index contributed by atoms with van der Waals surface area (Å²) in [6.45, 7) is 0.201. The number of amides is 2. The summed E-state index contributed by atoms with van der Waals surface area (Å²) in [5.74, 6) is 1.05. The molecule has 5 aromatic rings. The Hall–Kier alpha value is -4.47. The Labute approximate surface area is 224 Å². The summed E-state index contributed by atoms with van der Waals surface area (Å²) in [4.78, 5) is 21.5. The average molecular weight is 544 g/mol. The minimum absolute atomic E-state index is 0.0570. The number of halogens is 1. The molecule has 0 saturated carbocycles. The first-order chi connectivity index (χ1) is 18.4. The second kappa shape index (κ2) is 10.9. The smallest absolute Gasteiger partial charge is 0.328 e. The molecule has 190 valence electrons. The van der Waals surface area contributed by atoms with Gasteiger partial charge in [-0.3, -0.25) is 0 Å². The third-order valence-electron chi connectivity index (χ3n) is 5.64. The molecular weight excluding hydrogens is 522 g/mol. The molecule has 0 aliphatic rings. The molecule has 0 aliphatic heterocycles. The van der Waals surface area contributed by atoms with Gasteiger partial charge in [-0.25, -0.2) is 27.9 Å². The maximum Gasteiger partial charge on any atom is 0.328 e. The van der Waals surface area contributed by atoms with Crippen LogP contribution in [-0.4, -0.2) is 24.4 Å². The number of aromatic nitrogens is 2. The van der Waals surface area contributed by atoms with E-state index in [1.165, 1.54) is 12.1 Å². The zero-order chi connectivity index (χ0) is 26.5. The summed E-state index contributed by atoms with van der Waals surface area (Å²) in [5, 5.41) is 7.03. The summed E-state index contributed by atoms with van der Waals surface area (Å²) < 4.78 is 27.5. The highest BCUT2D eigenvalue weighted by Gasteiger charge is 2.18. The summed E-state index contributed by atoms with van der Waals surface area (Å²) in [5.41, 5.74) is 3.00. The van der Waals surface area contributed by atoms with E-state index in [2.05, 4.69) is 15.6 Å². The van der Waals surface area contributed by atoms with E-state index >= 15 is 0 Å². The predicted octanol–water partition coefficient (Wildman–Crippen LogP) is 5.88. The number of nitrogens with zero attached hydrogens (tertiary/aromatic N) is 2. The zero-order valence-corrected chi connectivity index (χ0v) is 21.5. The number of anilines is 2. The van der Waals surface area contributed by atoms with Gasteiger partial charge in [-0.05, 0) is 48.0 Å². The number of hydrogen-bond acceptors (Lipinski definition) is 6. The minimum Gasteiger partial charge on any atom is -0.340 e. The number of hydrogen-bond donors (Lipinski definition) is 3. The van der Waals surface area contributed by atoms with Crippen LogP contribution in [-0.2, 0) is 16.6 Å². The van der Waals surface area contributed by atoms with Crippen molar-refractivity contribution in [1.29, 1.82) is 0 Å². The van der Waals surface area contributed by atoms with Crippen molar-refractivity contribution in [3.63, 3.8) is 0 Å². The van der Waals surface area contributed by atoms with Gasteiger partial charge in [0.05, 0.1) is 10.4 Å². The van der Waals surface area contributed by atoms with Crippen LogP contribution in [0.3, 0.4) is 0 Å². The van der Waals surface area contributed by atoms with Gasteiger partial charge >= 0.3 is 6.03 Å². The van der Waals surface area contributed by atoms with Gasteiger partial charge in [0.15, 0.2) is 5.82 Å². The number of carbonyl (C=O) groups is 1. The molecule has 5 rings (SSSR count). The van der Waals surface area contributed by atoms with Crippen LogP contribution in [0.1, 0.15) is 5.56 Å². The lowest BCUT2D eigenvalue weighted by Crippen LogP contribution is -2.39. The van der Waals surface area contributed by atoms with Gasteiger partial charge in [-0.15, -0.1) is 0 Å². The average Bonchev–Trinajstić information content (AvgIpc) is 2.93. The standard InChI is InChI=1S/C28H22ClN5O3S/c29-21-11-16-25-24(17-21)27(33-26(32-25)20-9-5-2-6-10-20)31-22-12-14-23(15-13-22)38(36,37)34-28(35)30-18-19-7-3-1-4-8-19/h1-17H,18H2,(H2,30,34,35)(H,31,32,33). The number of carbonyl (C=O) groups excluding carboxylic acids is 1. The van der Waals surface area contributed by atoms with Crippen LogP contribution in [0, 0.1) is 0 Å². The first-order valence-corrected chi connectivity index (χ1v) is 13.5. The molecule has 38 heavy (non-hydrogen) atoms. The quantitative estimate of drug-likeness (QED) is 0.236. The molecule has 0 saturated heterocycles. The number of benzene rings is 4. The Bertz CT molecular complexity index is 1700. The van der Waals surface area contributed by atoms with Gasteiger partial charge in [0.2, 0.25) is 0 Å². The third-order valence-corrected chi connectivity index (χ3v) is 7.22. The van der Waals surface area contributed by atoms with Crippen molar-refractivity contribution in [3.8, 4) is 11.4 Å². The third kappa shape index (κ3) is 5.91. The molecule has 0 atom stereocenters. The molecule has 1 aromatic heterocycles. The zero-order valence-electron chi connectivity index (χ0n) is 19.9. The summed E-state index contributed by atoms with van der Waals surface area (Å²) in [7, 11) is -4.07. The SMILES string of the molecule is O=C(NCc1ccccc1)NS(=O)(=O)c1ccc(Nc2nc(-c3ccccc3)nc3ccc(Cl)cc23)cc1. The van der Waals surface area contributed by atoms with Crippen LogP contribution in [0.15, 0.2) is 108 Å². The van der Waals surface area contributed by atoms with Crippen LogP contribution in [0.25, 0.3) is 22.3 Å². The number of nitrogens with one attached hydrogen (secondary N) is 3. The van der Waals surface area contributed by atoms with Crippen molar-refractivity contribution in [2.75, 3.05) is 5.32 Å². The van der Waals surface area contributed by atoms with Gasteiger partial charge in [-0.1, -0.05) is 72.3 Å². The van der Waals surface area contributed by atoms with E-state index in [0.717, 1.165) is 11.1 Å². The Morgan fingerprint density at radius 2 is 1.50 bits per heavy atom. The van der Waals surface area contributed by atoms with Crippen LogP contribution in [0.4, 0.5) is 16.3 Å². The van der Waals surface area contributed by atoms with Gasteiger partial charge in [0.1, 0.15) is 5.82 Å². The fourth-order valence-corrected chi connectivity index (χ4v) is 4.86. The normalized spacial score (nSPS) is 11.2. The first-order valence-electron chi connectivity index (χ1n) is 11.6. The Morgan fingerprint density at radius 1 is 0.816 bits per heavy atom. The van der Waals surface area contributed by atoms with Crippen molar-refractivity contribution < 1.29 is 13.2 Å². The Morgan fingerprint density at radius 3 is 2.21 bits per heavy atom. The lowest BCUT2D eigenvalue weighted by Gasteiger charge is -2.12. The van der Waals surface area contributed by atoms with Gasteiger partial charge in [0.25, 0.3) is 10.0 Å². The maximum absolute atomic E-state index is 12.7. The Balaban J connectivity index is 1.35. The van der Waals surface area contributed by atoms with E-state index in [9.17, 15) is 13.2 Å². The fraction of sp³-hybridized carbons (Fsp3) is 0.0357. The highest BCUT2D eigenvalue weighted by atomic mass is 35.5. The van der Waals surface area contributed by atoms with E-state index in [-0.39, 0.29) is 11.4 Å². The van der Waals surface area contributed by atoms with Gasteiger partial charge < -0.3 is 10.6 Å². The monoisotopic (exact) mass is 543 g/mol. The highest BCUT2D eigenvalue weighted by Crippen LogP contribution is 2.29. The first kappa shape index (κ1) is 25.2. The predicted molar refractivity (Wildman–Crippen MR) is 149 cm³/mol. The van der Waals surface area contributed by atoms with Crippen molar-refractivity contribution in [2.24, 2.45) is 0 Å². The lowest BCUT2D eigenvalue weighted by molar-refractivity contribution is 0.245.